The van der Waals surface area contributed by atoms with Gasteiger partial charge in [-0.1, -0.05) is 23.7 Å². The molecule has 0 saturated heterocycles. The first-order valence-electron chi connectivity index (χ1n) is 9.27. The highest BCUT2D eigenvalue weighted by Gasteiger charge is 2.09. The van der Waals surface area contributed by atoms with Crippen molar-refractivity contribution in [2.24, 2.45) is 0 Å². The molecule has 1 heterocycles. The Labute approximate surface area is 179 Å². The zero-order chi connectivity index (χ0) is 21.5. The second-order valence-corrected chi connectivity index (χ2v) is 6.95. The minimum absolute atomic E-state index is 0.155. The molecule has 2 aromatic carbocycles. The number of nitrogens with two attached hydrogens (primary N) is 2. The fourth-order valence-electron chi connectivity index (χ4n) is 2.79. The molecule has 0 bridgehead atoms. The molecule has 8 nitrogen and oxygen atoms in total. The Balaban J connectivity index is 1.47. The standard InChI is InChI=1S/C21H23ClN6O2/c1-30-18-7-4-14(10-17(18)22)20(29)25-9-8-13-2-5-16(6-3-13)26-11-15-12-27-21(24)28-19(15)23/h2-7,10,12,26H,8-9,11H2,1H3,(H,25,29)(H4,23,24,27,28). The molecule has 0 fully saturated rings. The lowest BCUT2D eigenvalue weighted by molar-refractivity contribution is 0.0954. The molecule has 0 aliphatic heterocycles. The Morgan fingerprint density at radius 1 is 1.17 bits per heavy atom. The van der Waals surface area contributed by atoms with Gasteiger partial charge in [0.05, 0.1) is 12.1 Å². The van der Waals surface area contributed by atoms with Crippen LogP contribution in [0.15, 0.2) is 48.7 Å². The quantitative estimate of drug-likeness (QED) is 0.436. The molecule has 0 saturated carbocycles. The molecule has 3 rings (SSSR count). The monoisotopic (exact) mass is 426 g/mol. The number of carbonyl (C=O) groups excluding carboxylic acids is 1. The third kappa shape index (κ3) is 5.51. The SMILES string of the molecule is COc1ccc(C(=O)NCCc2ccc(NCc3cnc(N)nc3N)cc2)cc1Cl. The van der Waals surface area contributed by atoms with Crippen LogP contribution in [0, 0.1) is 0 Å². The summed E-state index contributed by atoms with van der Waals surface area (Å²) in [5, 5.41) is 6.56. The normalized spacial score (nSPS) is 10.5. The summed E-state index contributed by atoms with van der Waals surface area (Å²) < 4.78 is 5.10. The van der Waals surface area contributed by atoms with Crippen LogP contribution < -0.4 is 26.8 Å². The van der Waals surface area contributed by atoms with Gasteiger partial charge in [-0.2, -0.15) is 4.98 Å². The highest BCUT2D eigenvalue weighted by atomic mass is 35.5. The van der Waals surface area contributed by atoms with Crippen LogP contribution in [0.1, 0.15) is 21.5 Å². The number of nitrogen functional groups attached to an aromatic ring is 2. The van der Waals surface area contributed by atoms with Gasteiger partial charge in [0.25, 0.3) is 5.91 Å². The molecule has 0 unspecified atom stereocenters. The first-order valence-corrected chi connectivity index (χ1v) is 9.65. The highest BCUT2D eigenvalue weighted by Crippen LogP contribution is 2.24. The summed E-state index contributed by atoms with van der Waals surface area (Å²) in [6.07, 6.45) is 2.31. The molecule has 3 aromatic rings. The van der Waals surface area contributed by atoms with Gasteiger partial charge in [-0.05, 0) is 42.3 Å². The van der Waals surface area contributed by atoms with Gasteiger partial charge in [0, 0.05) is 36.1 Å². The number of benzene rings is 2. The maximum atomic E-state index is 12.3. The van der Waals surface area contributed by atoms with Crippen LogP contribution in [0.5, 0.6) is 5.75 Å². The number of ether oxygens (including phenoxy) is 1. The van der Waals surface area contributed by atoms with Gasteiger partial charge < -0.3 is 26.8 Å². The van der Waals surface area contributed by atoms with Gasteiger partial charge in [-0.3, -0.25) is 4.79 Å². The van der Waals surface area contributed by atoms with E-state index in [1.54, 1.807) is 24.4 Å². The number of nitrogens with zero attached hydrogens (tertiary/aromatic N) is 2. The van der Waals surface area contributed by atoms with E-state index < -0.39 is 0 Å². The molecule has 0 aliphatic rings. The molecule has 9 heteroatoms. The summed E-state index contributed by atoms with van der Waals surface area (Å²) in [6, 6.07) is 12.9. The first kappa shape index (κ1) is 21.2. The van der Waals surface area contributed by atoms with Crippen LogP contribution >= 0.6 is 11.6 Å². The zero-order valence-electron chi connectivity index (χ0n) is 16.5. The van der Waals surface area contributed by atoms with Crippen molar-refractivity contribution in [1.82, 2.24) is 15.3 Å². The van der Waals surface area contributed by atoms with Crippen LogP contribution in [0.2, 0.25) is 5.02 Å². The number of amides is 1. The van der Waals surface area contributed by atoms with E-state index >= 15 is 0 Å². The van der Waals surface area contributed by atoms with Crippen molar-refractivity contribution in [3.8, 4) is 5.75 Å². The molecule has 0 radical (unpaired) electrons. The van der Waals surface area contributed by atoms with E-state index in [0.29, 0.717) is 41.7 Å². The van der Waals surface area contributed by atoms with E-state index in [0.717, 1.165) is 16.8 Å². The van der Waals surface area contributed by atoms with Crippen LogP contribution in [-0.4, -0.2) is 29.5 Å². The molecule has 0 aliphatic carbocycles. The lowest BCUT2D eigenvalue weighted by Crippen LogP contribution is -2.25. The zero-order valence-corrected chi connectivity index (χ0v) is 17.2. The number of nitrogens with one attached hydrogen (secondary N) is 2. The Hall–Kier alpha value is -3.52. The van der Waals surface area contributed by atoms with E-state index in [2.05, 4.69) is 20.6 Å². The number of methoxy groups -OCH3 is 1. The average molecular weight is 427 g/mol. The molecular formula is C21H23ClN6O2. The van der Waals surface area contributed by atoms with Crippen molar-refractivity contribution in [3.05, 3.63) is 70.4 Å². The number of hydrogen-bond donors (Lipinski definition) is 4. The molecule has 1 amide bonds. The number of anilines is 3. The fourth-order valence-corrected chi connectivity index (χ4v) is 3.04. The first-order chi connectivity index (χ1) is 14.5. The van der Waals surface area contributed by atoms with Crippen LogP contribution in [0.25, 0.3) is 0 Å². The second kappa shape index (κ2) is 9.80. The van der Waals surface area contributed by atoms with Crippen molar-refractivity contribution in [2.45, 2.75) is 13.0 Å². The predicted octanol–water partition coefficient (Wildman–Crippen LogP) is 2.89. The summed E-state index contributed by atoms with van der Waals surface area (Å²) in [5.74, 6) is 0.873. The van der Waals surface area contributed by atoms with Crippen LogP contribution in [0.4, 0.5) is 17.5 Å². The molecule has 1 aromatic heterocycles. The topological polar surface area (TPSA) is 128 Å². The minimum Gasteiger partial charge on any atom is -0.495 e. The Bertz CT molecular complexity index is 1030. The van der Waals surface area contributed by atoms with Gasteiger partial charge in [0.2, 0.25) is 5.95 Å². The smallest absolute Gasteiger partial charge is 0.251 e. The van der Waals surface area contributed by atoms with Crippen molar-refractivity contribution < 1.29 is 9.53 Å². The van der Waals surface area contributed by atoms with Crippen molar-refractivity contribution in [1.29, 1.82) is 0 Å². The highest BCUT2D eigenvalue weighted by molar-refractivity contribution is 6.32. The number of carbonyl (C=O) groups is 1. The Morgan fingerprint density at radius 3 is 2.60 bits per heavy atom. The summed E-state index contributed by atoms with van der Waals surface area (Å²) >= 11 is 6.07. The molecular weight excluding hydrogens is 404 g/mol. The van der Waals surface area contributed by atoms with E-state index in [9.17, 15) is 4.79 Å². The van der Waals surface area contributed by atoms with Gasteiger partial charge in [-0.15, -0.1) is 0 Å². The largest absolute Gasteiger partial charge is 0.495 e. The summed E-state index contributed by atoms with van der Waals surface area (Å²) in [4.78, 5) is 20.1. The van der Waals surface area contributed by atoms with Crippen LogP contribution in [-0.2, 0) is 13.0 Å². The van der Waals surface area contributed by atoms with Crippen molar-refractivity contribution in [2.75, 3.05) is 30.4 Å². The molecule has 156 valence electrons. The summed E-state index contributed by atoms with van der Waals surface area (Å²) in [5.41, 5.74) is 14.6. The van der Waals surface area contributed by atoms with E-state index in [1.165, 1.54) is 7.11 Å². The van der Waals surface area contributed by atoms with Gasteiger partial charge in [0.1, 0.15) is 11.6 Å². The Kier molecular flexibility index (Phi) is 6.92. The van der Waals surface area contributed by atoms with Gasteiger partial charge in [0.15, 0.2) is 0 Å². The minimum atomic E-state index is -0.179. The van der Waals surface area contributed by atoms with Crippen molar-refractivity contribution >= 4 is 35.0 Å². The molecule has 0 atom stereocenters. The maximum absolute atomic E-state index is 12.3. The predicted molar refractivity (Wildman–Crippen MR) is 119 cm³/mol. The number of halogens is 1. The second-order valence-electron chi connectivity index (χ2n) is 6.54. The van der Waals surface area contributed by atoms with E-state index in [4.69, 9.17) is 27.8 Å². The summed E-state index contributed by atoms with van der Waals surface area (Å²) in [7, 11) is 1.53. The average Bonchev–Trinajstić information content (AvgIpc) is 2.74. The Morgan fingerprint density at radius 2 is 1.93 bits per heavy atom. The third-order valence-electron chi connectivity index (χ3n) is 4.47. The number of rotatable bonds is 8. The molecule has 0 spiro atoms. The molecule has 30 heavy (non-hydrogen) atoms. The van der Waals surface area contributed by atoms with E-state index in [1.807, 2.05) is 24.3 Å². The van der Waals surface area contributed by atoms with Crippen LogP contribution in [0.3, 0.4) is 0 Å². The number of hydrogen-bond acceptors (Lipinski definition) is 7. The van der Waals surface area contributed by atoms with Gasteiger partial charge in [-0.25, -0.2) is 4.98 Å². The lowest BCUT2D eigenvalue weighted by Gasteiger charge is -2.10. The molecule has 6 N–H and O–H groups in total. The van der Waals surface area contributed by atoms with E-state index in [-0.39, 0.29) is 11.9 Å². The van der Waals surface area contributed by atoms with Crippen molar-refractivity contribution in [3.63, 3.8) is 0 Å². The maximum Gasteiger partial charge on any atom is 0.251 e. The van der Waals surface area contributed by atoms with Gasteiger partial charge >= 0.3 is 0 Å². The third-order valence-corrected chi connectivity index (χ3v) is 4.76. The lowest BCUT2D eigenvalue weighted by atomic mass is 10.1. The number of aromatic nitrogens is 2. The summed E-state index contributed by atoms with van der Waals surface area (Å²) in [6.45, 7) is 1.00. The fraction of sp³-hybridized carbons (Fsp3) is 0.190.